The monoisotopic (exact) mass is 412 g/mol. The summed E-state index contributed by atoms with van der Waals surface area (Å²) in [5, 5.41) is 13.2. The smallest absolute Gasteiger partial charge is 0.269 e. The van der Waals surface area contributed by atoms with E-state index in [1.807, 2.05) is 23.2 Å². The predicted octanol–water partition coefficient (Wildman–Crippen LogP) is 1.70. The molecule has 29 heavy (non-hydrogen) atoms. The number of thiazole rings is 1. The van der Waals surface area contributed by atoms with Crippen LogP contribution in [0.15, 0.2) is 36.0 Å². The van der Waals surface area contributed by atoms with E-state index in [4.69, 9.17) is 0 Å². The molecule has 0 aliphatic carbocycles. The van der Waals surface area contributed by atoms with Crippen LogP contribution >= 0.6 is 11.3 Å². The van der Waals surface area contributed by atoms with Gasteiger partial charge in [-0.2, -0.15) is 5.10 Å². The van der Waals surface area contributed by atoms with E-state index in [1.165, 1.54) is 0 Å². The lowest BCUT2D eigenvalue weighted by atomic mass is 10.2. The molecular formula is C19H24N8OS. The van der Waals surface area contributed by atoms with E-state index in [9.17, 15) is 4.79 Å². The van der Waals surface area contributed by atoms with Gasteiger partial charge in [0.25, 0.3) is 5.91 Å². The van der Waals surface area contributed by atoms with Gasteiger partial charge in [0, 0.05) is 64.5 Å². The second kappa shape index (κ2) is 8.58. The van der Waals surface area contributed by atoms with Gasteiger partial charge in [0.15, 0.2) is 10.9 Å². The fraction of sp³-hybridized carbons (Fsp3) is 0.368. The topological polar surface area (TPSA) is 91.2 Å². The van der Waals surface area contributed by atoms with Crippen molar-refractivity contribution in [3.05, 3.63) is 47.4 Å². The molecule has 0 radical (unpaired) electrons. The zero-order valence-corrected chi connectivity index (χ0v) is 17.3. The first-order valence-corrected chi connectivity index (χ1v) is 10.3. The molecule has 152 valence electrons. The molecule has 3 aromatic rings. The summed E-state index contributed by atoms with van der Waals surface area (Å²) in [4.78, 5) is 24.9. The van der Waals surface area contributed by atoms with Crippen LogP contribution in [0.25, 0.3) is 0 Å². The van der Waals surface area contributed by atoms with Crippen molar-refractivity contribution >= 4 is 33.9 Å². The van der Waals surface area contributed by atoms with Gasteiger partial charge in [-0.3, -0.25) is 14.4 Å². The zero-order chi connectivity index (χ0) is 20.2. The van der Waals surface area contributed by atoms with Crippen LogP contribution < -0.4 is 15.5 Å². The Morgan fingerprint density at radius 2 is 2.03 bits per heavy atom. The maximum atomic E-state index is 11.6. The number of carbonyl (C=O) groups is 1. The van der Waals surface area contributed by atoms with Crippen LogP contribution in [0.3, 0.4) is 0 Å². The molecule has 2 N–H and O–H groups in total. The number of nitrogens with zero attached hydrogens (tertiary/aromatic N) is 6. The molecule has 1 aliphatic rings. The highest BCUT2D eigenvalue weighted by molar-refractivity contribution is 7.13. The van der Waals surface area contributed by atoms with Crippen LogP contribution in [0.2, 0.25) is 0 Å². The summed E-state index contributed by atoms with van der Waals surface area (Å²) in [6.45, 7) is 4.60. The Bertz CT molecular complexity index is 945. The predicted molar refractivity (Wildman–Crippen MR) is 114 cm³/mol. The average molecular weight is 413 g/mol. The molecular weight excluding hydrogens is 388 g/mol. The van der Waals surface area contributed by atoms with Gasteiger partial charge < -0.3 is 15.5 Å². The van der Waals surface area contributed by atoms with Gasteiger partial charge in [0.1, 0.15) is 5.69 Å². The Kier molecular flexibility index (Phi) is 5.72. The maximum Gasteiger partial charge on any atom is 0.269 e. The molecule has 4 heterocycles. The van der Waals surface area contributed by atoms with Gasteiger partial charge >= 0.3 is 0 Å². The van der Waals surface area contributed by atoms with Crippen molar-refractivity contribution in [2.75, 3.05) is 43.4 Å². The first kappa shape index (κ1) is 19.3. The highest BCUT2D eigenvalue weighted by atomic mass is 32.1. The minimum Gasteiger partial charge on any atom is -0.368 e. The minimum atomic E-state index is -0.165. The fourth-order valence-corrected chi connectivity index (χ4v) is 3.87. The summed E-state index contributed by atoms with van der Waals surface area (Å²) in [5.74, 6) is 0.652. The van der Waals surface area contributed by atoms with Crippen LogP contribution in [0.5, 0.6) is 0 Å². The molecule has 0 atom stereocenters. The maximum absolute atomic E-state index is 11.6. The Balaban J connectivity index is 1.32. The van der Waals surface area contributed by atoms with Crippen LogP contribution in [-0.2, 0) is 13.6 Å². The second-order valence-electron chi connectivity index (χ2n) is 6.85. The summed E-state index contributed by atoms with van der Waals surface area (Å²) >= 11 is 1.56. The molecule has 4 rings (SSSR count). The summed E-state index contributed by atoms with van der Waals surface area (Å²) in [7, 11) is 3.58. The molecule has 0 saturated carbocycles. The molecule has 9 nitrogen and oxygen atoms in total. The van der Waals surface area contributed by atoms with Crippen LogP contribution in [0, 0.1) is 0 Å². The Labute approximate surface area is 173 Å². The molecule has 0 aromatic carbocycles. The van der Waals surface area contributed by atoms with Crippen LogP contribution in [0.4, 0.5) is 16.6 Å². The number of carbonyl (C=O) groups excluding carboxylic acids is 1. The van der Waals surface area contributed by atoms with Crippen molar-refractivity contribution in [3.63, 3.8) is 0 Å². The van der Waals surface area contributed by atoms with Gasteiger partial charge in [-0.15, -0.1) is 11.3 Å². The molecule has 10 heteroatoms. The number of nitrogens with one attached hydrogen (secondary N) is 2. The first-order valence-electron chi connectivity index (χ1n) is 9.47. The largest absolute Gasteiger partial charge is 0.368 e. The number of anilines is 3. The SMILES string of the molecule is CNC(=O)c1ccc(N2CCN(Cc3cc(Nc4nccs4)nn3C)CC2)cn1. The fourth-order valence-electron chi connectivity index (χ4n) is 3.34. The third-order valence-electron chi connectivity index (χ3n) is 4.97. The van der Waals surface area contributed by atoms with Gasteiger partial charge in [0.05, 0.1) is 17.6 Å². The molecule has 1 saturated heterocycles. The summed E-state index contributed by atoms with van der Waals surface area (Å²) < 4.78 is 1.92. The van der Waals surface area contributed by atoms with E-state index in [2.05, 4.69) is 41.6 Å². The van der Waals surface area contributed by atoms with Gasteiger partial charge in [-0.05, 0) is 12.1 Å². The lowest BCUT2D eigenvalue weighted by molar-refractivity contribution is 0.0958. The van der Waals surface area contributed by atoms with Crippen molar-refractivity contribution in [3.8, 4) is 0 Å². The third kappa shape index (κ3) is 4.54. The number of hydrogen-bond acceptors (Lipinski definition) is 8. The number of aromatic nitrogens is 4. The Morgan fingerprint density at radius 1 is 1.21 bits per heavy atom. The van der Waals surface area contributed by atoms with Gasteiger partial charge in [-0.25, -0.2) is 9.97 Å². The number of piperazine rings is 1. The van der Waals surface area contributed by atoms with Crippen molar-refractivity contribution in [1.29, 1.82) is 0 Å². The number of amides is 1. The molecule has 0 bridgehead atoms. The third-order valence-corrected chi connectivity index (χ3v) is 5.66. The normalized spacial score (nSPS) is 14.8. The van der Waals surface area contributed by atoms with Crippen molar-refractivity contribution in [2.24, 2.45) is 7.05 Å². The first-order chi connectivity index (χ1) is 14.1. The van der Waals surface area contributed by atoms with E-state index >= 15 is 0 Å². The average Bonchev–Trinajstić information content (AvgIpc) is 3.38. The van der Waals surface area contributed by atoms with Gasteiger partial charge in [-0.1, -0.05) is 0 Å². The van der Waals surface area contributed by atoms with E-state index < -0.39 is 0 Å². The van der Waals surface area contributed by atoms with Crippen LogP contribution in [-0.4, -0.2) is 63.8 Å². The van der Waals surface area contributed by atoms with Crippen molar-refractivity contribution < 1.29 is 4.79 Å². The quantitative estimate of drug-likeness (QED) is 0.637. The minimum absolute atomic E-state index is 0.165. The van der Waals surface area contributed by atoms with Crippen molar-refractivity contribution in [2.45, 2.75) is 6.54 Å². The van der Waals surface area contributed by atoms with Crippen molar-refractivity contribution in [1.82, 2.24) is 30.0 Å². The molecule has 0 spiro atoms. The molecule has 3 aromatic heterocycles. The number of aryl methyl sites for hydroxylation is 1. The summed E-state index contributed by atoms with van der Waals surface area (Å²) in [6, 6.07) is 5.81. The lowest BCUT2D eigenvalue weighted by Gasteiger charge is -2.35. The number of rotatable bonds is 6. The Hall–Kier alpha value is -2.98. The van der Waals surface area contributed by atoms with Gasteiger partial charge in [0.2, 0.25) is 0 Å². The standard InChI is InChI=1S/C19H24N8OS/c1-20-18(28)16-4-3-14(12-22-16)27-8-6-26(7-9-27)13-15-11-17(24-25(15)2)23-19-21-5-10-29-19/h3-5,10-12H,6-9,13H2,1-2H3,(H,20,28)(H,21,23,24). The second-order valence-corrected chi connectivity index (χ2v) is 7.75. The zero-order valence-electron chi connectivity index (χ0n) is 16.5. The van der Waals surface area contributed by atoms with E-state index in [1.54, 1.807) is 36.8 Å². The highest BCUT2D eigenvalue weighted by Crippen LogP contribution is 2.20. The Morgan fingerprint density at radius 3 is 2.69 bits per heavy atom. The van der Waals surface area contributed by atoms with Crippen LogP contribution in [0.1, 0.15) is 16.2 Å². The summed E-state index contributed by atoms with van der Waals surface area (Å²) in [6.07, 6.45) is 3.55. The highest BCUT2D eigenvalue weighted by Gasteiger charge is 2.19. The van der Waals surface area contributed by atoms with E-state index in [0.717, 1.165) is 55.1 Å². The van der Waals surface area contributed by atoms with E-state index in [0.29, 0.717) is 5.69 Å². The molecule has 1 amide bonds. The summed E-state index contributed by atoms with van der Waals surface area (Å²) in [5.41, 5.74) is 2.65. The number of hydrogen-bond donors (Lipinski definition) is 2. The molecule has 0 unspecified atom stereocenters. The lowest BCUT2D eigenvalue weighted by Crippen LogP contribution is -2.46. The van der Waals surface area contributed by atoms with E-state index in [-0.39, 0.29) is 5.91 Å². The molecule has 1 fully saturated rings. The molecule has 1 aliphatic heterocycles. The number of pyridine rings is 1.